The number of rotatable bonds is 6. The highest BCUT2D eigenvalue weighted by Crippen LogP contribution is 2.46. The molecular weight excluding hydrogens is 484 g/mol. The van der Waals surface area contributed by atoms with Crippen LogP contribution in [0.3, 0.4) is 0 Å². The van der Waals surface area contributed by atoms with Crippen LogP contribution < -0.4 is 10.6 Å². The molecule has 1 aliphatic heterocycles. The van der Waals surface area contributed by atoms with Gasteiger partial charge in [-0.2, -0.15) is 0 Å². The molecule has 38 heavy (non-hydrogen) atoms. The molecule has 3 aliphatic rings. The van der Waals surface area contributed by atoms with Gasteiger partial charge in [0.05, 0.1) is 6.04 Å². The quantitative estimate of drug-likeness (QED) is 0.586. The van der Waals surface area contributed by atoms with Gasteiger partial charge in [-0.05, 0) is 49.4 Å². The summed E-state index contributed by atoms with van der Waals surface area (Å²) >= 11 is 0. The second kappa shape index (κ2) is 10.5. The molecule has 0 bridgehead atoms. The van der Waals surface area contributed by atoms with E-state index < -0.39 is 17.6 Å². The standard InChI is InChI=1S/C29H34N4O5/c1-19(20-9-5-3-6-10-20)33(23-11-7-4-8-12-23)25(34)18-32-26(35)29(38-28(32)37)16-15-21-17-22(13-14-24(21)29)31-27(36)30-2/h3,5-6,9-10,13-14,17,19,23H,4,7-8,11-12,15-16,18H2,1-2H3,(H2,30,31,36)/t19-,29-/m1/s1. The normalized spacial score (nSPS) is 21.7. The zero-order valence-corrected chi connectivity index (χ0v) is 21.9. The molecule has 1 saturated carbocycles. The molecule has 2 fully saturated rings. The minimum atomic E-state index is -1.43. The average molecular weight is 519 g/mol. The molecule has 1 spiro atoms. The molecule has 2 aromatic carbocycles. The van der Waals surface area contributed by atoms with Gasteiger partial charge in [-0.3, -0.25) is 9.59 Å². The van der Waals surface area contributed by atoms with Gasteiger partial charge in [-0.25, -0.2) is 14.5 Å². The van der Waals surface area contributed by atoms with Crippen LogP contribution in [0.5, 0.6) is 0 Å². The predicted octanol–water partition coefficient (Wildman–Crippen LogP) is 4.48. The smallest absolute Gasteiger partial charge is 0.418 e. The fourth-order valence-corrected chi connectivity index (χ4v) is 6.13. The monoisotopic (exact) mass is 518 g/mol. The summed E-state index contributed by atoms with van der Waals surface area (Å²) in [5, 5.41) is 5.22. The molecule has 1 heterocycles. The lowest BCUT2D eigenvalue weighted by Gasteiger charge is -2.39. The maximum absolute atomic E-state index is 13.8. The maximum Gasteiger partial charge on any atom is 0.418 e. The molecule has 9 heteroatoms. The maximum atomic E-state index is 13.8. The topological polar surface area (TPSA) is 108 Å². The molecule has 5 rings (SSSR count). The van der Waals surface area contributed by atoms with Crippen LogP contribution in [0, 0.1) is 0 Å². The Balaban J connectivity index is 1.37. The fraction of sp³-hybridized carbons (Fsp3) is 0.448. The number of nitrogens with zero attached hydrogens (tertiary/aromatic N) is 2. The Hall–Kier alpha value is -3.88. The first kappa shape index (κ1) is 25.8. The Labute approximate surface area is 222 Å². The summed E-state index contributed by atoms with van der Waals surface area (Å²) in [5.41, 5.74) is 1.61. The van der Waals surface area contributed by atoms with Crippen molar-refractivity contribution in [3.8, 4) is 0 Å². The number of aryl methyl sites for hydroxylation is 1. The summed E-state index contributed by atoms with van der Waals surface area (Å²) in [6, 6.07) is 14.6. The number of imide groups is 1. The van der Waals surface area contributed by atoms with Gasteiger partial charge in [0.2, 0.25) is 11.5 Å². The lowest BCUT2D eigenvalue weighted by molar-refractivity contribution is -0.144. The zero-order chi connectivity index (χ0) is 26.9. The molecule has 1 saturated heterocycles. The zero-order valence-electron chi connectivity index (χ0n) is 21.9. The number of benzene rings is 2. The van der Waals surface area contributed by atoms with Crippen molar-refractivity contribution in [3.63, 3.8) is 0 Å². The van der Waals surface area contributed by atoms with E-state index in [0.29, 0.717) is 24.1 Å². The van der Waals surface area contributed by atoms with Crippen molar-refractivity contribution in [3.05, 3.63) is 65.2 Å². The molecule has 2 N–H and O–H groups in total. The van der Waals surface area contributed by atoms with E-state index in [0.717, 1.165) is 48.1 Å². The summed E-state index contributed by atoms with van der Waals surface area (Å²) in [6.07, 6.45) is 5.09. The van der Waals surface area contributed by atoms with E-state index in [2.05, 4.69) is 10.6 Å². The SMILES string of the molecule is CNC(=O)Nc1ccc2c(c1)CC[C@@]21OC(=O)N(CC(=O)N(C2CCCCC2)[C@H](C)c2ccccc2)C1=O. The second-order valence-electron chi connectivity index (χ2n) is 10.3. The molecule has 5 amide bonds. The van der Waals surface area contributed by atoms with Crippen LogP contribution in [0.1, 0.15) is 68.2 Å². The Bertz CT molecular complexity index is 1240. The van der Waals surface area contributed by atoms with Gasteiger partial charge in [0, 0.05) is 30.8 Å². The van der Waals surface area contributed by atoms with Crippen molar-refractivity contribution in [2.75, 3.05) is 18.9 Å². The number of carbonyl (C=O) groups excluding carboxylic acids is 4. The van der Waals surface area contributed by atoms with E-state index >= 15 is 0 Å². The third-order valence-corrected chi connectivity index (χ3v) is 8.09. The number of fused-ring (bicyclic) bond motifs is 2. The highest BCUT2D eigenvalue weighted by atomic mass is 16.6. The highest BCUT2D eigenvalue weighted by Gasteiger charge is 2.58. The molecule has 200 valence electrons. The highest BCUT2D eigenvalue weighted by molar-refractivity contribution is 6.06. The first-order chi connectivity index (χ1) is 18.3. The first-order valence-electron chi connectivity index (χ1n) is 13.4. The second-order valence-corrected chi connectivity index (χ2v) is 10.3. The Kier molecular flexibility index (Phi) is 7.10. The minimum absolute atomic E-state index is 0.0626. The van der Waals surface area contributed by atoms with E-state index in [-0.39, 0.29) is 30.6 Å². The summed E-state index contributed by atoms with van der Waals surface area (Å²) in [7, 11) is 1.53. The third kappa shape index (κ3) is 4.61. The largest absolute Gasteiger partial charge is 0.427 e. The summed E-state index contributed by atoms with van der Waals surface area (Å²) < 4.78 is 5.74. The van der Waals surface area contributed by atoms with Crippen LogP contribution in [0.25, 0.3) is 0 Å². The number of carbonyl (C=O) groups is 4. The van der Waals surface area contributed by atoms with Crippen LogP contribution in [0.2, 0.25) is 0 Å². The first-order valence-corrected chi connectivity index (χ1v) is 13.4. The van der Waals surface area contributed by atoms with Crippen molar-refractivity contribution >= 4 is 29.6 Å². The number of ether oxygens (including phenoxy) is 1. The van der Waals surface area contributed by atoms with Gasteiger partial charge in [-0.15, -0.1) is 0 Å². The van der Waals surface area contributed by atoms with E-state index in [9.17, 15) is 19.2 Å². The van der Waals surface area contributed by atoms with E-state index in [1.165, 1.54) is 7.05 Å². The van der Waals surface area contributed by atoms with Gasteiger partial charge < -0.3 is 20.3 Å². The summed E-state index contributed by atoms with van der Waals surface area (Å²) in [4.78, 5) is 55.1. The number of urea groups is 1. The third-order valence-electron chi connectivity index (χ3n) is 8.09. The number of amides is 5. The lowest BCUT2D eigenvalue weighted by atomic mass is 9.92. The van der Waals surface area contributed by atoms with Crippen molar-refractivity contribution in [2.24, 2.45) is 0 Å². The van der Waals surface area contributed by atoms with E-state index in [4.69, 9.17) is 4.74 Å². The Morgan fingerprint density at radius 3 is 2.55 bits per heavy atom. The predicted molar refractivity (Wildman–Crippen MR) is 141 cm³/mol. The van der Waals surface area contributed by atoms with Crippen molar-refractivity contribution < 1.29 is 23.9 Å². The van der Waals surface area contributed by atoms with Gasteiger partial charge in [0.1, 0.15) is 6.54 Å². The molecule has 2 aromatic rings. The molecule has 0 unspecified atom stereocenters. The Morgan fingerprint density at radius 1 is 1.11 bits per heavy atom. The van der Waals surface area contributed by atoms with Crippen LogP contribution in [0.15, 0.2) is 48.5 Å². The molecular formula is C29H34N4O5. The number of nitrogens with one attached hydrogen (secondary N) is 2. The average Bonchev–Trinajstić information content (AvgIpc) is 3.41. The fourth-order valence-electron chi connectivity index (χ4n) is 6.13. The lowest BCUT2D eigenvalue weighted by Crippen LogP contribution is -2.49. The van der Waals surface area contributed by atoms with Crippen LogP contribution in [-0.2, 0) is 26.3 Å². The van der Waals surface area contributed by atoms with Gasteiger partial charge in [-0.1, -0.05) is 55.7 Å². The number of anilines is 1. The molecule has 0 aromatic heterocycles. The van der Waals surface area contributed by atoms with Crippen molar-refractivity contribution in [2.45, 2.75) is 69.6 Å². The molecule has 0 radical (unpaired) electrons. The molecule has 9 nitrogen and oxygen atoms in total. The van der Waals surface area contributed by atoms with E-state index in [1.54, 1.807) is 18.2 Å². The van der Waals surface area contributed by atoms with Gasteiger partial charge in [0.15, 0.2) is 0 Å². The Morgan fingerprint density at radius 2 is 1.84 bits per heavy atom. The van der Waals surface area contributed by atoms with Crippen molar-refractivity contribution in [1.82, 2.24) is 15.1 Å². The molecule has 2 atom stereocenters. The number of hydrogen-bond acceptors (Lipinski definition) is 5. The van der Waals surface area contributed by atoms with Crippen LogP contribution in [-0.4, -0.2) is 53.4 Å². The number of hydrogen-bond donors (Lipinski definition) is 2. The molecule has 2 aliphatic carbocycles. The van der Waals surface area contributed by atoms with E-state index in [1.807, 2.05) is 42.2 Å². The van der Waals surface area contributed by atoms with Gasteiger partial charge in [0.25, 0.3) is 5.91 Å². The van der Waals surface area contributed by atoms with Gasteiger partial charge >= 0.3 is 12.1 Å². The summed E-state index contributed by atoms with van der Waals surface area (Å²) in [5.74, 6) is -0.753. The minimum Gasteiger partial charge on any atom is -0.427 e. The summed E-state index contributed by atoms with van der Waals surface area (Å²) in [6.45, 7) is 1.66. The van der Waals surface area contributed by atoms with Crippen LogP contribution >= 0.6 is 0 Å². The van der Waals surface area contributed by atoms with Crippen molar-refractivity contribution in [1.29, 1.82) is 0 Å². The van der Waals surface area contributed by atoms with Crippen LogP contribution in [0.4, 0.5) is 15.3 Å².